The fourth-order valence-corrected chi connectivity index (χ4v) is 3.05. The number of hydrogen-bond donors (Lipinski definition) is 0. The molecule has 1 atom stereocenters. The van der Waals surface area contributed by atoms with E-state index in [1.807, 2.05) is 0 Å². The SMILES string of the molecule is Cc1cc(C)c(C(C(C)C)N(C)C(C)(C)C)c(C)c1. The summed E-state index contributed by atoms with van der Waals surface area (Å²) in [5.41, 5.74) is 5.90. The van der Waals surface area contributed by atoms with E-state index in [-0.39, 0.29) is 5.54 Å². The van der Waals surface area contributed by atoms with Crippen LogP contribution in [-0.2, 0) is 0 Å². The monoisotopic (exact) mass is 261 g/mol. The minimum atomic E-state index is 0.179. The lowest BCUT2D eigenvalue weighted by molar-refractivity contribution is 0.0866. The Morgan fingerprint density at radius 2 is 1.37 bits per heavy atom. The molecule has 1 aromatic carbocycles. The molecule has 0 bridgehead atoms. The lowest BCUT2D eigenvalue weighted by Crippen LogP contribution is -2.43. The van der Waals surface area contributed by atoms with Gasteiger partial charge >= 0.3 is 0 Å². The van der Waals surface area contributed by atoms with Gasteiger partial charge in [0.2, 0.25) is 0 Å². The summed E-state index contributed by atoms with van der Waals surface area (Å²) in [6, 6.07) is 5.10. The van der Waals surface area contributed by atoms with E-state index < -0.39 is 0 Å². The quantitative estimate of drug-likeness (QED) is 0.737. The maximum absolute atomic E-state index is 2.52. The van der Waals surface area contributed by atoms with Gasteiger partial charge in [0.1, 0.15) is 0 Å². The van der Waals surface area contributed by atoms with Gasteiger partial charge in [0.05, 0.1) is 0 Å². The van der Waals surface area contributed by atoms with Crippen LogP contribution in [0.2, 0.25) is 0 Å². The first kappa shape index (κ1) is 16.2. The maximum atomic E-state index is 2.52. The third kappa shape index (κ3) is 3.60. The molecule has 0 saturated heterocycles. The molecular weight excluding hydrogens is 230 g/mol. The molecule has 108 valence electrons. The molecule has 1 nitrogen and oxygen atoms in total. The largest absolute Gasteiger partial charge is 0.294 e. The fourth-order valence-electron chi connectivity index (χ4n) is 3.05. The van der Waals surface area contributed by atoms with Crippen molar-refractivity contribution < 1.29 is 0 Å². The van der Waals surface area contributed by atoms with Crippen LogP contribution in [0.4, 0.5) is 0 Å². The highest BCUT2D eigenvalue weighted by molar-refractivity contribution is 5.40. The molecule has 0 fully saturated rings. The summed E-state index contributed by atoms with van der Waals surface area (Å²) < 4.78 is 0. The first-order chi connectivity index (χ1) is 8.55. The first-order valence-electron chi connectivity index (χ1n) is 7.36. The maximum Gasteiger partial charge on any atom is 0.0378 e. The number of aryl methyl sites for hydroxylation is 3. The van der Waals surface area contributed by atoms with Crippen molar-refractivity contribution in [2.45, 2.75) is 67.0 Å². The highest BCUT2D eigenvalue weighted by Crippen LogP contribution is 2.36. The number of hydrogen-bond acceptors (Lipinski definition) is 1. The second-order valence-corrected chi connectivity index (χ2v) is 7.28. The van der Waals surface area contributed by atoms with Crippen molar-refractivity contribution in [1.29, 1.82) is 0 Å². The molecule has 0 aromatic heterocycles. The van der Waals surface area contributed by atoms with Gasteiger partial charge in [-0.1, -0.05) is 31.5 Å². The van der Waals surface area contributed by atoms with Crippen molar-refractivity contribution in [3.8, 4) is 0 Å². The zero-order valence-corrected chi connectivity index (χ0v) is 14.3. The minimum Gasteiger partial charge on any atom is -0.294 e. The van der Waals surface area contributed by atoms with E-state index in [0.29, 0.717) is 12.0 Å². The van der Waals surface area contributed by atoms with Crippen LogP contribution in [0.15, 0.2) is 12.1 Å². The van der Waals surface area contributed by atoms with E-state index in [4.69, 9.17) is 0 Å². The lowest BCUT2D eigenvalue weighted by Gasteiger charge is -2.42. The van der Waals surface area contributed by atoms with Crippen molar-refractivity contribution >= 4 is 0 Å². The summed E-state index contributed by atoms with van der Waals surface area (Å²) in [7, 11) is 2.25. The normalized spacial score (nSPS) is 14.3. The van der Waals surface area contributed by atoms with E-state index in [0.717, 1.165) is 0 Å². The van der Waals surface area contributed by atoms with Gasteiger partial charge in [0, 0.05) is 11.6 Å². The molecule has 0 saturated carbocycles. The van der Waals surface area contributed by atoms with Gasteiger partial charge in [-0.25, -0.2) is 0 Å². The van der Waals surface area contributed by atoms with Crippen LogP contribution in [0.1, 0.15) is 62.9 Å². The molecule has 0 aliphatic rings. The average molecular weight is 261 g/mol. The number of benzene rings is 1. The molecule has 1 aromatic rings. The molecule has 0 aliphatic carbocycles. The Morgan fingerprint density at radius 3 is 1.68 bits per heavy atom. The number of rotatable bonds is 3. The molecule has 1 unspecified atom stereocenters. The number of nitrogens with zero attached hydrogens (tertiary/aromatic N) is 1. The smallest absolute Gasteiger partial charge is 0.0378 e. The van der Waals surface area contributed by atoms with Crippen molar-refractivity contribution in [2.24, 2.45) is 5.92 Å². The third-order valence-electron chi connectivity index (χ3n) is 4.14. The molecule has 1 rings (SSSR count). The standard InChI is InChI=1S/C18H31N/c1-12(2)17(19(9)18(6,7)8)16-14(4)10-13(3)11-15(16)5/h10-12,17H,1-9H3. The van der Waals surface area contributed by atoms with Crippen LogP contribution in [0, 0.1) is 26.7 Å². The van der Waals surface area contributed by atoms with Gasteiger partial charge < -0.3 is 0 Å². The van der Waals surface area contributed by atoms with Gasteiger partial charge in [-0.15, -0.1) is 0 Å². The van der Waals surface area contributed by atoms with Crippen LogP contribution < -0.4 is 0 Å². The van der Waals surface area contributed by atoms with Crippen LogP contribution in [0.5, 0.6) is 0 Å². The van der Waals surface area contributed by atoms with Gasteiger partial charge in [0.15, 0.2) is 0 Å². The third-order valence-corrected chi connectivity index (χ3v) is 4.14. The summed E-state index contributed by atoms with van der Waals surface area (Å²) in [5.74, 6) is 0.601. The van der Waals surface area contributed by atoms with Crippen LogP contribution in [0.25, 0.3) is 0 Å². The molecule has 0 radical (unpaired) electrons. The van der Waals surface area contributed by atoms with Gasteiger partial charge in [-0.2, -0.15) is 0 Å². The zero-order chi connectivity index (χ0) is 15.0. The molecule has 0 heterocycles. The predicted molar refractivity (Wildman–Crippen MR) is 85.7 cm³/mol. The van der Waals surface area contributed by atoms with E-state index in [1.54, 1.807) is 0 Å². The Balaban J connectivity index is 3.36. The first-order valence-corrected chi connectivity index (χ1v) is 7.36. The predicted octanol–water partition coefficient (Wildman–Crippen LogP) is 5.04. The molecule has 0 spiro atoms. The Hall–Kier alpha value is -0.820. The second kappa shape index (κ2) is 5.66. The summed E-state index contributed by atoms with van der Waals surface area (Å²) >= 11 is 0. The van der Waals surface area contributed by atoms with Gasteiger partial charge in [-0.05, 0) is 71.2 Å². The summed E-state index contributed by atoms with van der Waals surface area (Å²) in [5, 5.41) is 0. The van der Waals surface area contributed by atoms with Crippen LogP contribution in [0.3, 0.4) is 0 Å². The molecular formula is C18H31N. The lowest BCUT2D eigenvalue weighted by atomic mass is 9.85. The molecule has 0 amide bonds. The molecule has 0 N–H and O–H groups in total. The molecule has 19 heavy (non-hydrogen) atoms. The highest BCUT2D eigenvalue weighted by Gasteiger charge is 2.30. The van der Waals surface area contributed by atoms with Gasteiger partial charge in [-0.3, -0.25) is 4.90 Å². The highest BCUT2D eigenvalue weighted by atomic mass is 15.2. The second-order valence-electron chi connectivity index (χ2n) is 7.28. The van der Waals surface area contributed by atoms with Crippen LogP contribution in [-0.4, -0.2) is 17.5 Å². The van der Waals surface area contributed by atoms with Crippen molar-refractivity contribution in [3.63, 3.8) is 0 Å². The average Bonchev–Trinajstić information content (AvgIpc) is 2.20. The summed E-state index contributed by atoms with van der Waals surface area (Å²) in [6.45, 7) is 18.2. The van der Waals surface area contributed by atoms with E-state index in [9.17, 15) is 0 Å². The van der Waals surface area contributed by atoms with E-state index >= 15 is 0 Å². The van der Waals surface area contributed by atoms with Crippen molar-refractivity contribution in [2.75, 3.05) is 7.05 Å². The summed E-state index contributed by atoms with van der Waals surface area (Å²) in [4.78, 5) is 2.52. The Bertz CT molecular complexity index is 414. The van der Waals surface area contributed by atoms with E-state index in [1.165, 1.54) is 22.3 Å². The van der Waals surface area contributed by atoms with Crippen LogP contribution >= 0.6 is 0 Å². The molecule has 1 heteroatoms. The Morgan fingerprint density at radius 1 is 0.947 bits per heavy atom. The van der Waals surface area contributed by atoms with Gasteiger partial charge in [0.25, 0.3) is 0 Å². The van der Waals surface area contributed by atoms with E-state index in [2.05, 4.69) is 79.5 Å². The van der Waals surface area contributed by atoms with Crippen molar-refractivity contribution in [3.05, 3.63) is 34.4 Å². The topological polar surface area (TPSA) is 3.24 Å². The zero-order valence-electron chi connectivity index (χ0n) is 14.3. The summed E-state index contributed by atoms with van der Waals surface area (Å²) in [6.07, 6.45) is 0. The fraction of sp³-hybridized carbons (Fsp3) is 0.667. The Labute approximate surface area is 120 Å². The molecule has 0 aliphatic heterocycles. The minimum absolute atomic E-state index is 0.179. The van der Waals surface area contributed by atoms with Crippen molar-refractivity contribution in [1.82, 2.24) is 4.90 Å². The Kier molecular flexibility index (Phi) is 4.84.